The Bertz CT molecular complexity index is 536. The molecule has 3 N–H and O–H groups in total. The summed E-state index contributed by atoms with van der Waals surface area (Å²) >= 11 is 6.56. The van der Waals surface area contributed by atoms with Crippen molar-refractivity contribution in [1.82, 2.24) is 10.6 Å². The number of hydrogen-bond donors (Lipinski definition) is 3. The maximum atomic E-state index is 11.2. The van der Waals surface area contributed by atoms with Gasteiger partial charge in [-0.3, -0.25) is 0 Å². The highest BCUT2D eigenvalue weighted by molar-refractivity contribution is 7.99. The Labute approximate surface area is 168 Å². The summed E-state index contributed by atoms with van der Waals surface area (Å²) < 4.78 is 0. The van der Waals surface area contributed by atoms with Crippen molar-refractivity contribution in [3.63, 3.8) is 0 Å². The SMILES string of the molecule is CNC(=S)N[C@@H](CSCC=C(C)CCC=C(C)CCC=C(C)C)C(=O)O. The molecular formula is C20H34N2O2S2. The molecule has 6 heteroatoms. The van der Waals surface area contributed by atoms with Gasteiger partial charge in [-0.1, -0.05) is 34.9 Å². The number of carboxylic acid groups (broad SMARTS) is 1. The lowest BCUT2D eigenvalue weighted by Gasteiger charge is -2.15. The van der Waals surface area contributed by atoms with Gasteiger partial charge in [-0.05, 0) is 65.6 Å². The molecule has 0 aromatic heterocycles. The Morgan fingerprint density at radius 3 is 2.19 bits per heavy atom. The Morgan fingerprint density at radius 2 is 1.65 bits per heavy atom. The summed E-state index contributed by atoms with van der Waals surface area (Å²) in [6.07, 6.45) is 11.1. The van der Waals surface area contributed by atoms with E-state index in [1.165, 1.54) is 16.7 Å². The highest BCUT2D eigenvalue weighted by atomic mass is 32.2. The van der Waals surface area contributed by atoms with Crippen LogP contribution < -0.4 is 10.6 Å². The van der Waals surface area contributed by atoms with Crippen LogP contribution in [0.4, 0.5) is 0 Å². The van der Waals surface area contributed by atoms with E-state index >= 15 is 0 Å². The molecule has 0 saturated heterocycles. The highest BCUT2D eigenvalue weighted by Crippen LogP contribution is 2.13. The molecule has 0 rings (SSSR count). The number of rotatable bonds is 12. The zero-order chi connectivity index (χ0) is 19.9. The van der Waals surface area contributed by atoms with Gasteiger partial charge in [0.25, 0.3) is 0 Å². The summed E-state index contributed by atoms with van der Waals surface area (Å²) in [6, 6.07) is -0.667. The van der Waals surface area contributed by atoms with Gasteiger partial charge in [-0.25, -0.2) is 4.79 Å². The van der Waals surface area contributed by atoms with Gasteiger partial charge < -0.3 is 15.7 Å². The summed E-state index contributed by atoms with van der Waals surface area (Å²) in [6.45, 7) is 8.60. The molecular weight excluding hydrogens is 364 g/mol. The average molecular weight is 399 g/mol. The van der Waals surface area contributed by atoms with E-state index in [9.17, 15) is 9.90 Å². The summed E-state index contributed by atoms with van der Waals surface area (Å²) in [4.78, 5) is 11.2. The van der Waals surface area contributed by atoms with Crippen LogP contribution in [0.3, 0.4) is 0 Å². The Hall–Kier alpha value is -1.27. The first-order valence-corrected chi connectivity index (χ1v) is 10.6. The standard InChI is InChI=1S/C20H34N2O2S2/c1-15(2)8-6-9-16(3)10-7-11-17(4)12-13-26-14-18(19(23)24)22-20(25)21-5/h8,10,12,18H,6-7,9,11,13-14H2,1-5H3,(H,23,24)(H2,21,22,25)/t18-/m0/s1. The first kappa shape index (κ1) is 24.7. The molecule has 0 unspecified atom stereocenters. The lowest BCUT2D eigenvalue weighted by molar-refractivity contribution is -0.138. The van der Waals surface area contributed by atoms with Crippen LogP contribution in [0.15, 0.2) is 34.9 Å². The fraction of sp³-hybridized carbons (Fsp3) is 0.600. The lowest BCUT2D eigenvalue weighted by atomic mass is 10.1. The van der Waals surface area contributed by atoms with Crippen LogP contribution in [0.5, 0.6) is 0 Å². The number of hydrogen-bond acceptors (Lipinski definition) is 3. The molecule has 0 aromatic rings. The number of aliphatic carboxylic acids is 1. The monoisotopic (exact) mass is 398 g/mol. The van der Waals surface area contributed by atoms with Gasteiger partial charge in [0.2, 0.25) is 0 Å². The molecule has 0 aliphatic carbocycles. The first-order chi connectivity index (χ1) is 12.3. The van der Waals surface area contributed by atoms with E-state index < -0.39 is 12.0 Å². The lowest BCUT2D eigenvalue weighted by Crippen LogP contribution is -2.46. The molecule has 26 heavy (non-hydrogen) atoms. The molecule has 0 fully saturated rings. The van der Waals surface area contributed by atoms with Crippen LogP contribution in [0.25, 0.3) is 0 Å². The van der Waals surface area contributed by atoms with Crippen molar-refractivity contribution in [1.29, 1.82) is 0 Å². The number of allylic oxidation sites excluding steroid dienone is 5. The molecule has 0 aliphatic heterocycles. The minimum absolute atomic E-state index is 0.358. The Kier molecular flexibility index (Phi) is 14.1. The van der Waals surface area contributed by atoms with E-state index in [0.717, 1.165) is 31.4 Å². The summed E-state index contributed by atoms with van der Waals surface area (Å²) in [7, 11) is 1.67. The fourth-order valence-electron chi connectivity index (χ4n) is 2.13. The van der Waals surface area contributed by atoms with Gasteiger partial charge in [-0.2, -0.15) is 11.8 Å². The second-order valence-electron chi connectivity index (χ2n) is 6.61. The van der Waals surface area contributed by atoms with Crippen molar-refractivity contribution in [3.8, 4) is 0 Å². The van der Waals surface area contributed by atoms with E-state index in [-0.39, 0.29) is 0 Å². The smallest absolute Gasteiger partial charge is 0.327 e. The largest absolute Gasteiger partial charge is 0.480 e. The molecule has 1 atom stereocenters. The van der Waals surface area contributed by atoms with Gasteiger partial charge in [-0.15, -0.1) is 0 Å². The van der Waals surface area contributed by atoms with E-state index in [1.54, 1.807) is 18.8 Å². The first-order valence-electron chi connectivity index (χ1n) is 8.99. The number of nitrogens with one attached hydrogen (secondary N) is 2. The fourth-order valence-corrected chi connectivity index (χ4v) is 3.27. The minimum atomic E-state index is -0.885. The molecule has 4 nitrogen and oxygen atoms in total. The van der Waals surface area contributed by atoms with Crippen LogP contribution in [-0.4, -0.2) is 40.8 Å². The molecule has 0 spiro atoms. The van der Waals surface area contributed by atoms with Crippen molar-refractivity contribution in [2.45, 2.75) is 59.4 Å². The molecule has 0 saturated carbocycles. The minimum Gasteiger partial charge on any atom is -0.480 e. The van der Waals surface area contributed by atoms with Crippen molar-refractivity contribution >= 4 is 35.1 Å². The zero-order valence-electron chi connectivity index (χ0n) is 16.7. The van der Waals surface area contributed by atoms with Crippen LogP contribution in [0.2, 0.25) is 0 Å². The molecule has 0 aromatic carbocycles. The molecule has 0 aliphatic rings. The summed E-state index contributed by atoms with van der Waals surface area (Å²) in [5, 5.41) is 15.1. The summed E-state index contributed by atoms with van der Waals surface area (Å²) in [5.41, 5.74) is 4.17. The van der Waals surface area contributed by atoms with Crippen LogP contribution in [0.1, 0.15) is 53.4 Å². The maximum absolute atomic E-state index is 11.2. The third kappa shape index (κ3) is 14.0. The average Bonchev–Trinajstić information content (AvgIpc) is 2.56. The number of thiocarbonyl (C=S) groups is 1. The molecule has 148 valence electrons. The topological polar surface area (TPSA) is 61.4 Å². The van der Waals surface area contributed by atoms with E-state index in [1.807, 2.05) is 0 Å². The van der Waals surface area contributed by atoms with Gasteiger partial charge in [0.15, 0.2) is 5.11 Å². The van der Waals surface area contributed by atoms with Gasteiger partial charge >= 0.3 is 5.97 Å². The van der Waals surface area contributed by atoms with Crippen LogP contribution in [0, 0.1) is 0 Å². The Balaban J connectivity index is 4.11. The predicted octanol–water partition coefficient (Wildman–Crippen LogP) is 4.69. The normalized spacial score (nSPS) is 13.1. The molecule has 0 heterocycles. The third-order valence-electron chi connectivity index (χ3n) is 3.79. The van der Waals surface area contributed by atoms with Gasteiger partial charge in [0.1, 0.15) is 6.04 Å². The van der Waals surface area contributed by atoms with Crippen molar-refractivity contribution in [3.05, 3.63) is 34.9 Å². The van der Waals surface area contributed by atoms with E-state index in [4.69, 9.17) is 12.2 Å². The van der Waals surface area contributed by atoms with Crippen molar-refractivity contribution < 1.29 is 9.90 Å². The van der Waals surface area contributed by atoms with Gasteiger partial charge in [0, 0.05) is 18.6 Å². The van der Waals surface area contributed by atoms with Crippen LogP contribution in [-0.2, 0) is 4.79 Å². The maximum Gasteiger partial charge on any atom is 0.327 e. The predicted molar refractivity (Wildman–Crippen MR) is 119 cm³/mol. The molecule has 0 amide bonds. The second-order valence-corrected chi connectivity index (χ2v) is 8.09. The number of carbonyl (C=O) groups is 1. The highest BCUT2D eigenvalue weighted by Gasteiger charge is 2.17. The Morgan fingerprint density at radius 1 is 1.08 bits per heavy atom. The summed E-state index contributed by atoms with van der Waals surface area (Å²) in [5.74, 6) is 0.404. The quantitative estimate of drug-likeness (QED) is 0.252. The van der Waals surface area contributed by atoms with Crippen molar-refractivity contribution in [2.75, 3.05) is 18.6 Å². The molecule has 0 radical (unpaired) electrons. The van der Waals surface area contributed by atoms with Gasteiger partial charge in [0.05, 0.1) is 0 Å². The van der Waals surface area contributed by atoms with E-state index in [0.29, 0.717) is 10.9 Å². The second kappa shape index (κ2) is 14.9. The van der Waals surface area contributed by atoms with E-state index in [2.05, 4.69) is 56.6 Å². The third-order valence-corrected chi connectivity index (χ3v) is 5.08. The molecule has 0 bridgehead atoms. The van der Waals surface area contributed by atoms with Crippen molar-refractivity contribution in [2.24, 2.45) is 0 Å². The van der Waals surface area contributed by atoms with Crippen LogP contribution >= 0.6 is 24.0 Å². The number of carboxylic acids is 1. The zero-order valence-corrected chi connectivity index (χ0v) is 18.4. The number of thioether (sulfide) groups is 1.